The smallest absolute Gasteiger partial charge is 0.305 e. The van der Waals surface area contributed by atoms with Gasteiger partial charge in [0.15, 0.2) is 0 Å². The van der Waals surface area contributed by atoms with E-state index in [0.29, 0.717) is 12.0 Å². The molecule has 126 valence electrons. The van der Waals surface area contributed by atoms with Crippen molar-refractivity contribution in [1.82, 2.24) is 10.6 Å². The van der Waals surface area contributed by atoms with Crippen LogP contribution in [0.1, 0.15) is 38.3 Å². The van der Waals surface area contributed by atoms with Crippen LogP contribution in [0.4, 0.5) is 0 Å². The molecule has 7 nitrogen and oxygen atoms in total. The number of carboxylic acid groups (broad SMARTS) is 1. The second-order valence-corrected chi connectivity index (χ2v) is 5.54. The highest BCUT2D eigenvalue weighted by Crippen LogP contribution is 2.19. The molecule has 0 fully saturated rings. The fourth-order valence-corrected chi connectivity index (χ4v) is 2.11. The summed E-state index contributed by atoms with van der Waals surface area (Å²) in [5.41, 5.74) is -0.388. The summed E-state index contributed by atoms with van der Waals surface area (Å²) in [4.78, 5) is 35.0. The third kappa shape index (κ3) is 5.71. The number of nitrogens with one attached hydrogen (secondary N) is 2. The molecule has 0 aromatic heterocycles. The maximum absolute atomic E-state index is 12.6. The lowest BCUT2D eigenvalue weighted by Crippen LogP contribution is -2.51. The van der Waals surface area contributed by atoms with Crippen LogP contribution in [0.15, 0.2) is 30.3 Å². The summed E-state index contributed by atoms with van der Waals surface area (Å²) in [7, 11) is 0. The Bertz CT molecular complexity index is 561. The van der Waals surface area contributed by atoms with Crippen molar-refractivity contribution in [3.8, 4) is 0 Å². The Kier molecular flexibility index (Phi) is 6.71. The quantitative estimate of drug-likeness (QED) is 0.559. The van der Waals surface area contributed by atoms with Crippen molar-refractivity contribution >= 4 is 17.8 Å². The number of aliphatic hydroxyl groups excluding tert-OH is 1. The lowest BCUT2D eigenvalue weighted by atomic mass is 9.93. The first-order valence-corrected chi connectivity index (χ1v) is 7.30. The summed E-state index contributed by atoms with van der Waals surface area (Å²) in [6.07, 6.45) is 0.186. The van der Waals surface area contributed by atoms with Crippen LogP contribution in [0.2, 0.25) is 0 Å². The first-order valence-electron chi connectivity index (χ1n) is 7.30. The van der Waals surface area contributed by atoms with E-state index in [1.165, 1.54) is 0 Å². The van der Waals surface area contributed by atoms with Crippen molar-refractivity contribution in [1.29, 1.82) is 0 Å². The van der Waals surface area contributed by atoms with Gasteiger partial charge in [-0.3, -0.25) is 14.4 Å². The van der Waals surface area contributed by atoms with E-state index in [1.54, 1.807) is 44.2 Å². The highest BCUT2D eigenvalue weighted by Gasteiger charge is 2.31. The Balaban J connectivity index is 2.99. The molecule has 0 saturated carbocycles. The van der Waals surface area contributed by atoms with E-state index >= 15 is 0 Å². The third-order valence-electron chi connectivity index (χ3n) is 3.59. The molecule has 2 atom stereocenters. The van der Waals surface area contributed by atoms with Crippen LogP contribution in [0, 0.1) is 0 Å². The average molecular weight is 322 g/mol. The molecular weight excluding hydrogens is 300 g/mol. The SMILES string of the molecule is CCC(C)(CC(=O)O)NC(=O)C(NC(=O)CO)c1ccccc1. The van der Waals surface area contributed by atoms with Gasteiger partial charge >= 0.3 is 5.97 Å². The summed E-state index contributed by atoms with van der Waals surface area (Å²) < 4.78 is 0. The van der Waals surface area contributed by atoms with Gasteiger partial charge in [-0.15, -0.1) is 0 Å². The first-order chi connectivity index (χ1) is 10.8. The average Bonchev–Trinajstić information content (AvgIpc) is 2.52. The minimum Gasteiger partial charge on any atom is -0.481 e. The van der Waals surface area contributed by atoms with Gasteiger partial charge in [-0.25, -0.2) is 0 Å². The van der Waals surface area contributed by atoms with Gasteiger partial charge in [0.25, 0.3) is 0 Å². The molecule has 2 amide bonds. The van der Waals surface area contributed by atoms with Crippen molar-refractivity contribution < 1.29 is 24.6 Å². The van der Waals surface area contributed by atoms with Gasteiger partial charge in [0.2, 0.25) is 11.8 Å². The number of hydrogen-bond donors (Lipinski definition) is 4. The Labute approximate surface area is 134 Å². The number of amides is 2. The monoisotopic (exact) mass is 322 g/mol. The lowest BCUT2D eigenvalue weighted by Gasteiger charge is -2.30. The van der Waals surface area contributed by atoms with Crippen molar-refractivity contribution in [2.45, 2.75) is 38.3 Å². The summed E-state index contributed by atoms with van der Waals surface area (Å²) >= 11 is 0. The molecule has 0 saturated heterocycles. The second-order valence-electron chi connectivity index (χ2n) is 5.54. The molecule has 1 aromatic rings. The molecule has 23 heavy (non-hydrogen) atoms. The fourth-order valence-electron chi connectivity index (χ4n) is 2.11. The van der Waals surface area contributed by atoms with E-state index in [1.807, 2.05) is 0 Å². The number of hydrogen-bond acceptors (Lipinski definition) is 4. The predicted octanol–water partition coefficient (Wildman–Crippen LogP) is 0.596. The molecule has 2 unspecified atom stereocenters. The van der Waals surface area contributed by atoms with Crippen LogP contribution < -0.4 is 10.6 Å². The molecule has 4 N–H and O–H groups in total. The van der Waals surface area contributed by atoms with E-state index < -0.39 is 36.0 Å². The molecular formula is C16H22N2O5. The fraction of sp³-hybridized carbons (Fsp3) is 0.438. The Hall–Kier alpha value is -2.41. The van der Waals surface area contributed by atoms with Gasteiger partial charge in [0.05, 0.1) is 6.42 Å². The number of carboxylic acids is 1. The minimum atomic E-state index is -1.02. The Morgan fingerprint density at radius 1 is 1.22 bits per heavy atom. The zero-order chi connectivity index (χ0) is 17.5. The third-order valence-corrected chi connectivity index (χ3v) is 3.59. The summed E-state index contributed by atoms with van der Waals surface area (Å²) in [5, 5.41) is 23.0. The van der Waals surface area contributed by atoms with E-state index in [4.69, 9.17) is 10.2 Å². The van der Waals surface area contributed by atoms with Crippen LogP contribution in [0.25, 0.3) is 0 Å². The number of rotatable bonds is 8. The molecule has 0 bridgehead atoms. The molecule has 1 aromatic carbocycles. The van der Waals surface area contributed by atoms with Crippen LogP contribution in [0.5, 0.6) is 0 Å². The van der Waals surface area contributed by atoms with Crippen molar-refractivity contribution in [2.24, 2.45) is 0 Å². The van der Waals surface area contributed by atoms with Gasteiger partial charge in [0, 0.05) is 5.54 Å². The Morgan fingerprint density at radius 2 is 1.83 bits per heavy atom. The van der Waals surface area contributed by atoms with E-state index in [2.05, 4.69) is 10.6 Å². The highest BCUT2D eigenvalue weighted by atomic mass is 16.4. The number of aliphatic carboxylic acids is 1. The first kappa shape index (κ1) is 18.6. The molecule has 0 spiro atoms. The number of carbonyl (C=O) groups is 3. The molecule has 0 radical (unpaired) electrons. The van der Waals surface area contributed by atoms with Crippen LogP contribution in [-0.2, 0) is 14.4 Å². The van der Waals surface area contributed by atoms with E-state index in [0.717, 1.165) is 0 Å². The summed E-state index contributed by atoms with van der Waals surface area (Å²) in [6.45, 7) is 2.67. The lowest BCUT2D eigenvalue weighted by molar-refractivity contribution is -0.139. The summed E-state index contributed by atoms with van der Waals surface area (Å²) in [6, 6.07) is 7.54. The van der Waals surface area contributed by atoms with Gasteiger partial charge in [-0.2, -0.15) is 0 Å². The van der Waals surface area contributed by atoms with Crippen LogP contribution in [-0.4, -0.2) is 40.1 Å². The summed E-state index contributed by atoms with van der Waals surface area (Å²) in [5.74, 6) is -2.24. The van der Waals surface area contributed by atoms with Gasteiger partial charge < -0.3 is 20.8 Å². The van der Waals surface area contributed by atoms with Gasteiger partial charge in [-0.1, -0.05) is 37.3 Å². The van der Waals surface area contributed by atoms with Gasteiger partial charge in [-0.05, 0) is 18.9 Å². The zero-order valence-electron chi connectivity index (χ0n) is 13.2. The topological polar surface area (TPSA) is 116 Å². The normalized spacial score (nSPS) is 14.4. The van der Waals surface area contributed by atoms with Crippen molar-refractivity contribution in [3.05, 3.63) is 35.9 Å². The largest absolute Gasteiger partial charge is 0.481 e. The van der Waals surface area contributed by atoms with Crippen molar-refractivity contribution in [3.63, 3.8) is 0 Å². The maximum atomic E-state index is 12.6. The second kappa shape index (κ2) is 8.28. The maximum Gasteiger partial charge on any atom is 0.305 e. The Morgan fingerprint density at radius 3 is 2.30 bits per heavy atom. The van der Waals surface area contributed by atoms with Crippen molar-refractivity contribution in [2.75, 3.05) is 6.61 Å². The molecule has 0 aliphatic carbocycles. The van der Waals surface area contributed by atoms with E-state index in [-0.39, 0.29) is 6.42 Å². The molecule has 0 heterocycles. The van der Waals surface area contributed by atoms with E-state index in [9.17, 15) is 14.4 Å². The predicted molar refractivity (Wildman–Crippen MR) is 83.5 cm³/mol. The number of aliphatic hydroxyl groups is 1. The molecule has 0 aliphatic heterocycles. The zero-order valence-corrected chi connectivity index (χ0v) is 13.2. The molecule has 0 aliphatic rings. The van der Waals surface area contributed by atoms with Gasteiger partial charge in [0.1, 0.15) is 12.6 Å². The van der Waals surface area contributed by atoms with Crippen LogP contribution in [0.3, 0.4) is 0 Å². The number of carbonyl (C=O) groups excluding carboxylic acids is 2. The number of benzene rings is 1. The minimum absolute atomic E-state index is 0.231. The standard InChI is InChI=1S/C16H22N2O5/c1-3-16(2,9-13(21)22)18-15(23)14(17-12(20)10-19)11-7-5-4-6-8-11/h4-8,14,19H,3,9-10H2,1-2H3,(H,17,20)(H,18,23)(H,21,22). The molecule has 7 heteroatoms. The molecule has 1 rings (SSSR count). The highest BCUT2D eigenvalue weighted by molar-refractivity contribution is 5.89. The van der Waals surface area contributed by atoms with Crippen LogP contribution >= 0.6 is 0 Å².